The molecular formula is C15H19N3OS. The Bertz CT molecular complexity index is 644. The van der Waals surface area contributed by atoms with Gasteiger partial charge in [-0.25, -0.2) is 4.98 Å². The number of hydrogen-bond donors (Lipinski definition) is 2. The Morgan fingerprint density at radius 1 is 1.50 bits per heavy atom. The lowest BCUT2D eigenvalue weighted by atomic mass is 9.89. The Morgan fingerprint density at radius 3 is 2.95 bits per heavy atom. The molecule has 5 heteroatoms. The zero-order chi connectivity index (χ0) is 14.2. The molecule has 0 bridgehead atoms. The van der Waals surface area contributed by atoms with Crippen molar-refractivity contribution in [2.45, 2.75) is 32.6 Å². The standard InChI is InChI=1S/C15H19N3OS/c1-15(6-2-3-7-15)9-18-13(19)12-11(16)10-5-4-8-17-14(10)20-12/h4-5,8H,2-3,6-7,9,16H2,1H3,(H,18,19). The maximum absolute atomic E-state index is 12.3. The molecule has 1 fully saturated rings. The molecule has 0 spiro atoms. The second-order valence-electron chi connectivity index (χ2n) is 5.90. The number of amides is 1. The molecule has 3 rings (SSSR count). The van der Waals surface area contributed by atoms with Gasteiger partial charge in [0, 0.05) is 18.1 Å². The fraction of sp³-hybridized carbons (Fsp3) is 0.467. The Hall–Kier alpha value is -1.62. The number of aromatic nitrogens is 1. The number of nitrogens with two attached hydrogens (primary N) is 1. The zero-order valence-corrected chi connectivity index (χ0v) is 12.4. The van der Waals surface area contributed by atoms with Crippen LogP contribution in [-0.4, -0.2) is 17.4 Å². The van der Waals surface area contributed by atoms with E-state index in [9.17, 15) is 4.79 Å². The van der Waals surface area contributed by atoms with Crippen molar-refractivity contribution < 1.29 is 4.79 Å². The van der Waals surface area contributed by atoms with Crippen molar-refractivity contribution in [1.29, 1.82) is 0 Å². The molecule has 1 aliphatic carbocycles. The number of nitrogen functional groups attached to an aromatic ring is 1. The van der Waals surface area contributed by atoms with E-state index in [0.717, 1.165) is 16.8 Å². The van der Waals surface area contributed by atoms with Crippen LogP contribution in [0.4, 0.5) is 5.69 Å². The lowest BCUT2D eigenvalue weighted by molar-refractivity contribution is 0.0939. The largest absolute Gasteiger partial charge is 0.397 e. The van der Waals surface area contributed by atoms with Gasteiger partial charge in [-0.3, -0.25) is 4.79 Å². The molecule has 2 aromatic rings. The number of hydrogen-bond acceptors (Lipinski definition) is 4. The van der Waals surface area contributed by atoms with Gasteiger partial charge < -0.3 is 11.1 Å². The molecule has 2 aromatic heterocycles. The van der Waals surface area contributed by atoms with E-state index in [2.05, 4.69) is 17.2 Å². The van der Waals surface area contributed by atoms with Gasteiger partial charge in [-0.1, -0.05) is 19.8 Å². The number of anilines is 1. The van der Waals surface area contributed by atoms with Crippen LogP contribution in [-0.2, 0) is 0 Å². The number of nitrogens with zero attached hydrogens (tertiary/aromatic N) is 1. The summed E-state index contributed by atoms with van der Waals surface area (Å²) in [5.41, 5.74) is 6.86. The van der Waals surface area contributed by atoms with Crippen molar-refractivity contribution >= 4 is 33.1 Å². The lowest BCUT2D eigenvalue weighted by Gasteiger charge is -2.23. The first-order valence-corrected chi connectivity index (χ1v) is 7.82. The van der Waals surface area contributed by atoms with Gasteiger partial charge in [0.2, 0.25) is 0 Å². The number of rotatable bonds is 3. The maximum atomic E-state index is 12.3. The van der Waals surface area contributed by atoms with Gasteiger partial charge in [0.05, 0.1) is 5.69 Å². The molecule has 1 aliphatic rings. The van der Waals surface area contributed by atoms with Crippen LogP contribution >= 0.6 is 11.3 Å². The summed E-state index contributed by atoms with van der Waals surface area (Å²) in [5, 5.41) is 3.92. The number of thiophene rings is 1. The third-order valence-electron chi connectivity index (χ3n) is 4.20. The summed E-state index contributed by atoms with van der Waals surface area (Å²) in [4.78, 5) is 18.0. The highest BCUT2D eigenvalue weighted by molar-refractivity contribution is 7.21. The molecule has 0 aliphatic heterocycles. The van der Waals surface area contributed by atoms with E-state index < -0.39 is 0 Å². The van der Waals surface area contributed by atoms with E-state index in [0.29, 0.717) is 10.6 Å². The van der Waals surface area contributed by atoms with Crippen molar-refractivity contribution in [1.82, 2.24) is 10.3 Å². The summed E-state index contributed by atoms with van der Waals surface area (Å²) in [7, 11) is 0. The molecule has 0 radical (unpaired) electrons. The average Bonchev–Trinajstić information content (AvgIpc) is 3.02. The molecule has 0 saturated heterocycles. The van der Waals surface area contributed by atoms with E-state index in [1.165, 1.54) is 37.0 Å². The Labute approximate surface area is 122 Å². The van der Waals surface area contributed by atoms with E-state index in [1.54, 1.807) is 6.20 Å². The minimum absolute atomic E-state index is 0.0707. The third-order valence-corrected chi connectivity index (χ3v) is 5.33. The molecular weight excluding hydrogens is 270 g/mol. The van der Waals surface area contributed by atoms with Crippen LogP contribution in [0.25, 0.3) is 10.2 Å². The smallest absolute Gasteiger partial charge is 0.263 e. The summed E-state index contributed by atoms with van der Waals surface area (Å²) >= 11 is 1.37. The maximum Gasteiger partial charge on any atom is 0.263 e. The van der Waals surface area contributed by atoms with Gasteiger partial charge in [-0.15, -0.1) is 11.3 Å². The van der Waals surface area contributed by atoms with Crippen molar-refractivity contribution in [3.05, 3.63) is 23.2 Å². The summed E-state index contributed by atoms with van der Waals surface area (Å²) in [6, 6.07) is 3.75. The number of pyridine rings is 1. The van der Waals surface area contributed by atoms with E-state index in [4.69, 9.17) is 5.73 Å². The topological polar surface area (TPSA) is 68.0 Å². The van der Waals surface area contributed by atoms with Crippen LogP contribution in [0.2, 0.25) is 0 Å². The summed E-state index contributed by atoms with van der Waals surface area (Å²) < 4.78 is 0. The summed E-state index contributed by atoms with van der Waals surface area (Å²) in [6.45, 7) is 2.98. The Balaban J connectivity index is 1.77. The predicted octanol–water partition coefficient (Wildman–Crippen LogP) is 3.19. The lowest BCUT2D eigenvalue weighted by Crippen LogP contribution is -2.34. The molecule has 4 nitrogen and oxygen atoms in total. The number of fused-ring (bicyclic) bond motifs is 1. The highest BCUT2D eigenvalue weighted by atomic mass is 32.1. The molecule has 1 amide bonds. The molecule has 3 N–H and O–H groups in total. The minimum atomic E-state index is -0.0707. The number of carbonyl (C=O) groups is 1. The second-order valence-corrected chi connectivity index (χ2v) is 6.90. The zero-order valence-electron chi connectivity index (χ0n) is 11.6. The highest BCUT2D eigenvalue weighted by Gasteiger charge is 2.29. The molecule has 1 saturated carbocycles. The van der Waals surface area contributed by atoms with E-state index in [-0.39, 0.29) is 11.3 Å². The van der Waals surface area contributed by atoms with Gasteiger partial charge in [0.1, 0.15) is 9.71 Å². The normalized spacial score (nSPS) is 17.4. The molecule has 106 valence electrons. The number of carbonyl (C=O) groups excluding carboxylic acids is 1. The molecule has 0 unspecified atom stereocenters. The predicted molar refractivity (Wildman–Crippen MR) is 82.9 cm³/mol. The van der Waals surface area contributed by atoms with Crippen molar-refractivity contribution in [3.8, 4) is 0 Å². The molecule has 0 aromatic carbocycles. The highest BCUT2D eigenvalue weighted by Crippen LogP contribution is 2.37. The monoisotopic (exact) mass is 289 g/mol. The number of nitrogens with one attached hydrogen (secondary N) is 1. The van der Waals surface area contributed by atoms with E-state index in [1.807, 2.05) is 12.1 Å². The minimum Gasteiger partial charge on any atom is -0.397 e. The van der Waals surface area contributed by atoms with Gasteiger partial charge in [-0.2, -0.15) is 0 Å². The van der Waals surface area contributed by atoms with Crippen LogP contribution < -0.4 is 11.1 Å². The van der Waals surface area contributed by atoms with Crippen LogP contribution in [0.15, 0.2) is 18.3 Å². The summed E-state index contributed by atoms with van der Waals surface area (Å²) in [6.07, 6.45) is 6.63. The fourth-order valence-electron chi connectivity index (χ4n) is 2.90. The first kappa shape index (κ1) is 13.4. The van der Waals surface area contributed by atoms with Crippen LogP contribution in [0.5, 0.6) is 0 Å². The summed E-state index contributed by atoms with van der Waals surface area (Å²) in [5.74, 6) is -0.0707. The van der Waals surface area contributed by atoms with Gasteiger partial charge in [-0.05, 0) is 30.4 Å². The Kier molecular flexibility index (Phi) is 3.38. The molecule has 20 heavy (non-hydrogen) atoms. The first-order chi connectivity index (χ1) is 9.59. The average molecular weight is 289 g/mol. The van der Waals surface area contributed by atoms with Crippen LogP contribution in [0.3, 0.4) is 0 Å². The van der Waals surface area contributed by atoms with Crippen molar-refractivity contribution in [3.63, 3.8) is 0 Å². The van der Waals surface area contributed by atoms with Gasteiger partial charge in [0.25, 0.3) is 5.91 Å². The van der Waals surface area contributed by atoms with Gasteiger partial charge in [0.15, 0.2) is 0 Å². The molecule has 0 atom stereocenters. The quantitative estimate of drug-likeness (QED) is 0.911. The third kappa shape index (κ3) is 2.38. The van der Waals surface area contributed by atoms with Crippen LogP contribution in [0.1, 0.15) is 42.3 Å². The van der Waals surface area contributed by atoms with Crippen molar-refractivity contribution in [2.75, 3.05) is 12.3 Å². The first-order valence-electron chi connectivity index (χ1n) is 7.00. The SMILES string of the molecule is CC1(CNC(=O)c2sc3ncccc3c2N)CCCC1. The van der Waals surface area contributed by atoms with Gasteiger partial charge >= 0.3 is 0 Å². The van der Waals surface area contributed by atoms with E-state index >= 15 is 0 Å². The molecule has 2 heterocycles. The second kappa shape index (κ2) is 5.05. The Morgan fingerprint density at radius 2 is 2.25 bits per heavy atom. The fourth-order valence-corrected chi connectivity index (χ4v) is 3.88. The van der Waals surface area contributed by atoms with Crippen molar-refractivity contribution in [2.24, 2.45) is 5.41 Å². The van der Waals surface area contributed by atoms with Crippen LogP contribution in [0, 0.1) is 5.41 Å².